The van der Waals surface area contributed by atoms with Crippen LogP contribution in [-0.4, -0.2) is 17.9 Å². The van der Waals surface area contributed by atoms with E-state index in [-0.39, 0.29) is 5.78 Å². The lowest BCUT2D eigenvalue weighted by Crippen LogP contribution is -2.17. The van der Waals surface area contributed by atoms with Gasteiger partial charge in [0.25, 0.3) is 0 Å². The Kier molecular flexibility index (Phi) is 4.94. The number of ether oxygens (including phenoxy) is 1. The summed E-state index contributed by atoms with van der Waals surface area (Å²) in [5.41, 5.74) is 4.28. The van der Waals surface area contributed by atoms with E-state index in [4.69, 9.17) is 9.15 Å². The zero-order valence-electron chi connectivity index (χ0n) is 15.9. The molecule has 0 fully saturated rings. The van der Waals surface area contributed by atoms with E-state index < -0.39 is 5.92 Å². The van der Waals surface area contributed by atoms with Gasteiger partial charge in [-0.2, -0.15) is 0 Å². The second kappa shape index (κ2) is 7.69. The van der Waals surface area contributed by atoms with Crippen LogP contribution in [0.1, 0.15) is 39.9 Å². The topological polar surface area (TPSA) is 52.3 Å². The molecule has 2 heterocycles. The number of aromatic nitrogens is 1. The average Bonchev–Trinajstić information content (AvgIpc) is 3.23. The number of aryl methyl sites for hydroxylation is 1. The molecule has 28 heavy (non-hydrogen) atoms. The van der Waals surface area contributed by atoms with Crippen molar-refractivity contribution in [3.05, 3.63) is 95.5 Å². The summed E-state index contributed by atoms with van der Waals surface area (Å²) in [6.07, 6.45) is 5.81. The number of pyridine rings is 1. The molecule has 140 valence electrons. The van der Waals surface area contributed by atoms with Crippen molar-refractivity contribution in [2.24, 2.45) is 0 Å². The largest absolute Gasteiger partial charge is 0.495 e. The molecule has 0 amide bonds. The molecule has 0 aliphatic heterocycles. The average molecular weight is 371 g/mol. The summed E-state index contributed by atoms with van der Waals surface area (Å²) in [5.74, 6) is 0.123. The Bertz CT molecular complexity index is 1080. The van der Waals surface area contributed by atoms with E-state index in [2.05, 4.69) is 18.0 Å². The first kappa shape index (κ1) is 18.0. The molecule has 4 nitrogen and oxygen atoms in total. The molecule has 0 aliphatic rings. The van der Waals surface area contributed by atoms with Gasteiger partial charge in [-0.1, -0.05) is 43.3 Å². The van der Waals surface area contributed by atoms with Crippen LogP contribution in [0.4, 0.5) is 0 Å². The second-order valence-corrected chi connectivity index (χ2v) is 6.61. The molecule has 0 radical (unpaired) electrons. The smallest absolute Gasteiger partial charge is 0.175 e. The van der Waals surface area contributed by atoms with Crippen LogP contribution in [0.25, 0.3) is 11.0 Å². The van der Waals surface area contributed by atoms with Crippen molar-refractivity contribution in [2.45, 2.75) is 19.3 Å². The van der Waals surface area contributed by atoms with Crippen LogP contribution in [0, 0.1) is 0 Å². The highest BCUT2D eigenvalue weighted by Crippen LogP contribution is 2.37. The third-order valence-corrected chi connectivity index (χ3v) is 5.12. The fourth-order valence-corrected chi connectivity index (χ4v) is 3.75. The quantitative estimate of drug-likeness (QED) is 0.425. The molecule has 0 bridgehead atoms. The van der Waals surface area contributed by atoms with Crippen molar-refractivity contribution in [1.82, 2.24) is 4.98 Å². The zero-order valence-corrected chi connectivity index (χ0v) is 15.9. The van der Waals surface area contributed by atoms with Gasteiger partial charge in [0.2, 0.25) is 0 Å². The van der Waals surface area contributed by atoms with Gasteiger partial charge in [0.05, 0.1) is 25.5 Å². The predicted molar refractivity (Wildman–Crippen MR) is 109 cm³/mol. The van der Waals surface area contributed by atoms with Gasteiger partial charge in [-0.3, -0.25) is 9.78 Å². The van der Waals surface area contributed by atoms with Crippen LogP contribution in [0.15, 0.2) is 77.7 Å². The summed E-state index contributed by atoms with van der Waals surface area (Å²) in [4.78, 5) is 18.0. The van der Waals surface area contributed by atoms with Crippen LogP contribution in [-0.2, 0) is 6.42 Å². The fourth-order valence-electron chi connectivity index (χ4n) is 3.75. The van der Waals surface area contributed by atoms with Gasteiger partial charge < -0.3 is 9.15 Å². The van der Waals surface area contributed by atoms with E-state index in [1.165, 1.54) is 0 Å². The van der Waals surface area contributed by atoms with Crippen molar-refractivity contribution in [3.63, 3.8) is 0 Å². The SMILES string of the molecule is CCc1ccccc1C(C(=O)c1cccc2occc12)c1ccncc1OC. The number of rotatable bonds is 6. The molecular weight excluding hydrogens is 350 g/mol. The molecule has 1 unspecified atom stereocenters. The molecule has 0 aliphatic carbocycles. The molecule has 4 heteroatoms. The minimum Gasteiger partial charge on any atom is -0.495 e. The third-order valence-electron chi connectivity index (χ3n) is 5.12. The first-order chi connectivity index (χ1) is 13.7. The molecule has 0 N–H and O–H groups in total. The normalized spacial score (nSPS) is 12.1. The van der Waals surface area contributed by atoms with E-state index in [1.807, 2.05) is 48.5 Å². The predicted octanol–water partition coefficient (Wildman–Crippen LogP) is 5.41. The maximum absolute atomic E-state index is 13.9. The number of benzene rings is 2. The molecule has 0 saturated carbocycles. The standard InChI is InChI=1S/C24H21NO3/c1-3-16-7-4-5-8-17(16)23(20-11-13-25-15-22(20)27-2)24(26)19-9-6-10-21-18(19)12-14-28-21/h4-15,23H,3H2,1-2H3. The van der Waals surface area contributed by atoms with Crippen molar-refractivity contribution in [1.29, 1.82) is 0 Å². The molecule has 0 spiro atoms. The number of carbonyl (C=O) groups is 1. The first-order valence-electron chi connectivity index (χ1n) is 9.30. The van der Waals surface area contributed by atoms with E-state index in [0.717, 1.165) is 28.5 Å². The summed E-state index contributed by atoms with van der Waals surface area (Å²) < 4.78 is 11.0. The van der Waals surface area contributed by atoms with Crippen LogP contribution in [0.2, 0.25) is 0 Å². The number of Topliss-reactive ketones (excluding diaryl/α,β-unsaturated/α-hetero) is 1. The molecule has 2 aromatic carbocycles. The van der Waals surface area contributed by atoms with E-state index in [9.17, 15) is 4.79 Å². The van der Waals surface area contributed by atoms with Gasteiger partial charge in [-0.15, -0.1) is 0 Å². The Morgan fingerprint density at radius 3 is 2.75 bits per heavy atom. The summed E-state index contributed by atoms with van der Waals surface area (Å²) in [7, 11) is 1.60. The number of hydrogen-bond donors (Lipinski definition) is 0. The Morgan fingerprint density at radius 2 is 1.93 bits per heavy atom. The van der Waals surface area contributed by atoms with Gasteiger partial charge in [0.1, 0.15) is 11.3 Å². The Balaban J connectivity index is 1.95. The number of carbonyl (C=O) groups excluding carboxylic acids is 1. The Morgan fingerprint density at radius 1 is 1.07 bits per heavy atom. The van der Waals surface area contributed by atoms with Gasteiger partial charge >= 0.3 is 0 Å². The summed E-state index contributed by atoms with van der Waals surface area (Å²) in [5, 5.41) is 0.819. The lowest BCUT2D eigenvalue weighted by molar-refractivity contribution is 0.0974. The third kappa shape index (κ3) is 3.07. The number of methoxy groups -OCH3 is 1. The fraction of sp³-hybridized carbons (Fsp3) is 0.167. The lowest BCUT2D eigenvalue weighted by atomic mass is 9.81. The number of nitrogens with zero attached hydrogens (tertiary/aromatic N) is 1. The minimum absolute atomic E-state index is 0.0115. The Labute approximate surface area is 163 Å². The van der Waals surface area contributed by atoms with E-state index in [1.54, 1.807) is 25.8 Å². The highest BCUT2D eigenvalue weighted by molar-refractivity contribution is 6.11. The highest BCUT2D eigenvalue weighted by atomic mass is 16.5. The molecule has 4 rings (SSSR count). The van der Waals surface area contributed by atoms with Crippen molar-refractivity contribution < 1.29 is 13.9 Å². The molecule has 2 aromatic heterocycles. The van der Waals surface area contributed by atoms with E-state index in [0.29, 0.717) is 16.9 Å². The van der Waals surface area contributed by atoms with Crippen molar-refractivity contribution >= 4 is 16.8 Å². The number of hydrogen-bond acceptors (Lipinski definition) is 4. The van der Waals surface area contributed by atoms with Gasteiger partial charge in [-0.05, 0) is 35.7 Å². The monoisotopic (exact) mass is 371 g/mol. The first-order valence-corrected chi connectivity index (χ1v) is 9.30. The van der Waals surface area contributed by atoms with Gasteiger partial charge in [0.15, 0.2) is 5.78 Å². The van der Waals surface area contributed by atoms with Crippen LogP contribution in [0.5, 0.6) is 5.75 Å². The van der Waals surface area contributed by atoms with Gasteiger partial charge in [-0.25, -0.2) is 0 Å². The minimum atomic E-state index is -0.491. The molecule has 0 saturated heterocycles. The van der Waals surface area contributed by atoms with Crippen molar-refractivity contribution in [3.8, 4) is 5.75 Å². The Hall–Kier alpha value is -3.40. The lowest BCUT2D eigenvalue weighted by Gasteiger charge is -2.22. The van der Waals surface area contributed by atoms with E-state index >= 15 is 0 Å². The zero-order chi connectivity index (χ0) is 19.5. The maximum Gasteiger partial charge on any atom is 0.175 e. The van der Waals surface area contributed by atoms with Crippen LogP contribution < -0.4 is 4.74 Å². The number of furan rings is 1. The van der Waals surface area contributed by atoms with Gasteiger partial charge in [0, 0.05) is 22.7 Å². The molecule has 1 atom stereocenters. The number of fused-ring (bicyclic) bond motifs is 1. The maximum atomic E-state index is 13.9. The second-order valence-electron chi connectivity index (χ2n) is 6.61. The molecule has 4 aromatic rings. The van der Waals surface area contributed by atoms with Crippen LogP contribution in [0.3, 0.4) is 0 Å². The summed E-state index contributed by atoms with van der Waals surface area (Å²) in [6.45, 7) is 2.10. The summed E-state index contributed by atoms with van der Waals surface area (Å²) >= 11 is 0. The highest BCUT2D eigenvalue weighted by Gasteiger charge is 2.29. The van der Waals surface area contributed by atoms with Crippen molar-refractivity contribution in [2.75, 3.05) is 7.11 Å². The van der Waals surface area contributed by atoms with Crippen LogP contribution >= 0.6 is 0 Å². The number of ketones is 1. The summed E-state index contributed by atoms with van der Waals surface area (Å²) in [6, 6.07) is 17.4. The molecular formula is C24H21NO3.